The summed E-state index contributed by atoms with van der Waals surface area (Å²) in [6.45, 7) is 5.99. The van der Waals surface area contributed by atoms with E-state index in [2.05, 4.69) is 13.8 Å². The summed E-state index contributed by atoms with van der Waals surface area (Å²) in [4.78, 5) is 10.4. The van der Waals surface area contributed by atoms with Gasteiger partial charge in [-0.3, -0.25) is 4.79 Å². The molecule has 0 fully saturated rings. The summed E-state index contributed by atoms with van der Waals surface area (Å²) < 4.78 is 0. The van der Waals surface area contributed by atoms with E-state index in [9.17, 15) is 4.79 Å². The lowest BCUT2D eigenvalue weighted by Crippen LogP contribution is -2.37. The van der Waals surface area contributed by atoms with Gasteiger partial charge in [0.2, 0.25) is 0 Å². The zero-order valence-electron chi connectivity index (χ0n) is 7.37. The Morgan fingerprint density at radius 2 is 1.91 bits per heavy atom. The number of nitrogens with two attached hydrogens (primary N) is 1. The summed E-state index contributed by atoms with van der Waals surface area (Å²) in [6.07, 6.45) is 0.869. The largest absolute Gasteiger partial charge is 0.480 e. The minimum absolute atomic E-state index is 0.0625. The molecule has 0 aliphatic carbocycles. The average Bonchev–Trinajstić information content (AvgIpc) is 1.84. The molecule has 0 spiro atoms. The number of hydrogen-bond acceptors (Lipinski definition) is 2. The molecule has 3 heteroatoms. The molecule has 0 saturated carbocycles. The van der Waals surface area contributed by atoms with E-state index < -0.39 is 12.0 Å². The molecule has 11 heavy (non-hydrogen) atoms. The van der Waals surface area contributed by atoms with Crippen molar-refractivity contribution >= 4 is 5.97 Å². The molecular formula is C8H17NO2. The maximum Gasteiger partial charge on any atom is 0.320 e. The molecule has 0 saturated heterocycles. The molecule has 66 valence electrons. The van der Waals surface area contributed by atoms with Gasteiger partial charge >= 0.3 is 5.97 Å². The SMILES string of the molecule is CC(C)CC(C)[C@@H](N)C(=O)O. The van der Waals surface area contributed by atoms with Gasteiger partial charge in [-0.15, -0.1) is 0 Å². The van der Waals surface area contributed by atoms with Gasteiger partial charge in [-0.05, 0) is 18.3 Å². The van der Waals surface area contributed by atoms with Gasteiger partial charge in [0.1, 0.15) is 6.04 Å². The van der Waals surface area contributed by atoms with Crippen LogP contribution < -0.4 is 5.73 Å². The summed E-state index contributed by atoms with van der Waals surface area (Å²) in [6, 6.07) is -0.711. The number of hydrogen-bond donors (Lipinski definition) is 2. The predicted octanol–water partition coefficient (Wildman–Crippen LogP) is 1.08. The van der Waals surface area contributed by atoms with Crippen LogP contribution in [-0.2, 0) is 4.79 Å². The third kappa shape index (κ3) is 3.98. The van der Waals surface area contributed by atoms with Crippen LogP contribution in [0, 0.1) is 11.8 Å². The fourth-order valence-corrected chi connectivity index (χ4v) is 1.13. The second kappa shape index (κ2) is 4.34. The lowest BCUT2D eigenvalue weighted by atomic mass is 9.93. The zero-order chi connectivity index (χ0) is 9.02. The topological polar surface area (TPSA) is 63.3 Å². The Bertz CT molecular complexity index is 134. The van der Waals surface area contributed by atoms with Gasteiger partial charge in [-0.25, -0.2) is 0 Å². The maximum absolute atomic E-state index is 10.4. The van der Waals surface area contributed by atoms with Crippen molar-refractivity contribution in [1.29, 1.82) is 0 Å². The number of carboxylic acids is 1. The molecule has 0 aromatic rings. The predicted molar refractivity (Wildman–Crippen MR) is 44.2 cm³/mol. The first-order valence-corrected chi connectivity index (χ1v) is 3.93. The van der Waals surface area contributed by atoms with Gasteiger partial charge in [0.25, 0.3) is 0 Å². The van der Waals surface area contributed by atoms with Crippen LogP contribution in [0.2, 0.25) is 0 Å². The Balaban J connectivity index is 3.82. The van der Waals surface area contributed by atoms with E-state index in [-0.39, 0.29) is 5.92 Å². The van der Waals surface area contributed by atoms with E-state index in [0.29, 0.717) is 5.92 Å². The fourth-order valence-electron chi connectivity index (χ4n) is 1.13. The first-order valence-electron chi connectivity index (χ1n) is 3.93. The van der Waals surface area contributed by atoms with Crippen molar-refractivity contribution in [3.63, 3.8) is 0 Å². The summed E-state index contributed by atoms with van der Waals surface area (Å²) in [5.74, 6) is -0.332. The number of carbonyl (C=O) groups is 1. The number of rotatable bonds is 4. The quantitative estimate of drug-likeness (QED) is 0.645. The van der Waals surface area contributed by atoms with Crippen LogP contribution in [0.25, 0.3) is 0 Å². The molecule has 0 bridgehead atoms. The Kier molecular flexibility index (Phi) is 4.11. The molecule has 0 rings (SSSR count). The van der Waals surface area contributed by atoms with E-state index >= 15 is 0 Å². The smallest absolute Gasteiger partial charge is 0.320 e. The van der Waals surface area contributed by atoms with Crippen molar-refractivity contribution in [3.8, 4) is 0 Å². The van der Waals surface area contributed by atoms with Gasteiger partial charge in [-0.2, -0.15) is 0 Å². The normalized spacial score (nSPS) is 16.5. The number of aliphatic carboxylic acids is 1. The minimum atomic E-state index is -0.904. The Morgan fingerprint density at radius 3 is 2.18 bits per heavy atom. The van der Waals surface area contributed by atoms with Crippen LogP contribution >= 0.6 is 0 Å². The number of carboxylic acid groups (broad SMARTS) is 1. The molecule has 0 aliphatic heterocycles. The van der Waals surface area contributed by atoms with Gasteiger partial charge in [0.15, 0.2) is 0 Å². The molecule has 0 aliphatic rings. The van der Waals surface area contributed by atoms with E-state index in [1.807, 2.05) is 6.92 Å². The highest BCUT2D eigenvalue weighted by atomic mass is 16.4. The lowest BCUT2D eigenvalue weighted by molar-refractivity contribution is -0.139. The summed E-state index contributed by atoms with van der Waals surface area (Å²) in [5, 5.41) is 8.54. The summed E-state index contributed by atoms with van der Waals surface area (Å²) >= 11 is 0. The lowest BCUT2D eigenvalue weighted by Gasteiger charge is -2.17. The molecule has 2 atom stereocenters. The molecule has 1 unspecified atom stereocenters. The molecule has 0 radical (unpaired) electrons. The summed E-state index contributed by atoms with van der Waals surface area (Å²) in [7, 11) is 0. The standard InChI is InChI=1S/C8H17NO2/c1-5(2)4-6(3)7(9)8(10)11/h5-7H,4,9H2,1-3H3,(H,10,11)/t6?,7-/m1/s1. The van der Waals surface area contributed by atoms with Crippen LogP contribution in [0.3, 0.4) is 0 Å². The van der Waals surface area contributed by atoms with E-state index in [4.69, 9.17) is 10.8 Å². The van der Waals surface area contributed by atoms with E-state index in [0.717, 1.165) is 6.42 Å². The second-order valence-electron chi connectivity index (χ2n) is 3.47. The van der Waals surface area contributed by atoms with Crippen LogP contribution in [0.4, 0.5) is 0 Å². The third-order valence-corrected chi connectivity index (χ3v) is 1.74. The molecule has 0 amide bonds. The average molecular weight is 159 g/mol. The van der Waals surface area contributed by atoms with E-state index in [1.165, 1.54) is 0 Å². The van der Waals surface area contributed by atoms with Crippen LogP contribution in [0.1, 0.15) is 27.2 Å². The van der Waals surface area contributed by atoms with Gasteiger partial charge < -0.3 is 10.8 Å². The van der Waals surface area contributed by atoms with E-state index in [1.54, 1.807) is 0 Å². The van der Waals surface area contributed by atoms with Crippen molar-refractivity contribution in [1.82, 2.24) is 0 Å². The van der Waals surface area contributed by atoms with Gasteiger partial charge in [-0.1, -0.05) is 20.8 Å². The monoisotopic (exact) mass is 159 g/mol. The van der Waals surface area contributed by atoms with Crippen molar-refractivity contribution in [3.05, 3.63) is 0 Å². The maximum atomic E-state index is 10.4. The molecule has 3 nitrogen and oxygen atoms in total. The molecule has 3 N–H and O–H groups in total. The van der Waals surface area contributed by atoms with Crippen molar-refractivity contribution < 1.29 is 9.90 Å². The highest BCUT2D eigenvalue weighted by molar-refractivity contribution is 5.73. The second-order valence-corrected chi connectivity index (χ2v) is 3.47. The fraction of sp³-hybridized carbons (Fsp3) is 0.875. The van der Waals surface area contributed by atoms with Gasteiger partial charge in [0.05, 0.1) is 0 Å². The first kappa shape index (κ1) is 10.4. The third-order valence-electron chi connectivity index (χ3n) is 1.74. The Labute approximate surface area is 67.6 Å². The Hall–Kier alpha value is -0.570. The van der Waals surface area contributed by atoms with Crippen LogP contribution in [0.15, 0.2) is 0 Å². The molecule has 0 aromatic carbocycles. The van der Waals surface area contributed by atoms with Crippen molar-refractivity contribution in [2.24, 2.45) is 17.6 Å². The van der Waals surface area contributed by atoms with Gasteiger partial charge in [0, 0.05) is 0 Å². The Morgan fingerprint density at radius 1 is 1.45 bits per heavy atom. The summed E-state index contributed by atoms with van der Waals surface area (Å²) in [5.41, 5.74) is 5.41. The van der Waals surface area contributed by atoms with Crippen LogP contribution in [0.5, 0.6) is 0 Å². The van der Waals surface area contributed by atoms with Crippen LogP contribution in [-0.4, -0.2) is 17.1 Å². The molecular weight excluding hydrogens is 142 g/mol. The highest BCUT2D eigenvalue weighted by Gasteiger charge is 2.20. The highest BCUT2D eigenvalue weighted by Crippen LogP contribution is 2.13. The molecule has 0 heterocycles. The molecule has 0 aromatic heterocycles. The minimum Gasteiger partial charge on any atom is -0.480 e. The first-order chi connectivity index (χ1) is 4.95. The van der Waals surface area contributed by atoms with Crippen molar-refractivity contribution in [2.75, 3.05) is 0 Å². The van der Waals surface area contributed by atoms with Crippen molar-refractivity contribution in [2.45, 2.75) is 33.2 Å². The zero-order valence-corrected chi connectivity index (χ0v) is 7.37.